The minimum atomic E-state index is -4.54. The Kier molecular flexibility index (Phi) is 11.9. The van der Waals surface area contributed by atoms with Crippen LogP contribution in [0.1, 0.15) is 6.42 Å². The molecule has 16 heteroatoms. The number of halogens is 16. The second-order valence-corrected chi connectivity index (χ2v) is 28.9. The highest BCUT2D eigenvalue weighted by atomic mass is 80.0. The summed E-state index contributed by atoms with van der Waals surface area (Å²) in [5, 5.41) is 0. The van der Waals surface area contributed by atoms with Crippen molar-refractivity contribution in [1.82, 2.24) is 0 Å². The van der Waals surface area contributed by atoms with Gasteiger partial charge in [0, 0.05) is 6.42 Å². The zero-order chi connectivity index (χ0) is 20.2. The molecule has 0 rings (SSSR count). The fourth-order valence-corrected chi connectivity index (χ4v) is 12.2. The Labute approximate surface area is 246 Å². The van der Waals surface area contributed by atoms with Crippen molar-refractivity contribution in [1.29, 1.82) is 0 Å². The fraction of sp³-hybridized carbons (Fsp3) is 1.00. The van der Waals surface area contributed by atoms with Crippen LogP contribution in [0.15, 0.2) is 0 Å². The molecule has 0 saturated heterocycles. The summed E-state index contributed by atoms with van der Waals surface area (Å²) in [6.07, 6.45) is -5.00. The van der Waals surface area contributed by atoms with Crippen molar-refractivity contribution in [3.8, 4) is 0 Å². The Bertz CT molecular complexity index is 461. The molecule has 0 aliphatic heterocycles. The van der Waals surface area contributed by atoms with Crippen molar-refractivity contribution in [2.75, 3.05) is 0 Å². The third-order valence-electron chi connectivity index (χ3n) is 2.46. The summed E-state index contributed by atoms with van der Waals surface area (Å²) in [4.78, 5) is 0. The van der Waals surface area contributed by atoms with Crippen molar-refractivity contribution in [3.63, 3.8) is 0 Å². The van der Waals surface area contributed by atoms with Gasteiger partial charge in [-0.1, -0.05) is 207 Å². The van der Waals surface area contributed by atoms with Gasteiger partial charge in [0.2, 0.25) is 0 Å². The quantitative estimate of drug-likeness (QED) is 0.241. The van der Waals surface area contributed by atoms with Crippen molar-refractivity contribution in [2.45, 2.75) is 30.9 Å². The molecule has 0 bridgehead atoms. The van der Waals surface area contributed by atoms with E-state index in [4.69, 9.17) is 0 Å². The van der Waals surface area contributed by atoms with E-state index in [1.807, 2.05) is 0 Å². The molecule has 146 valence electrons. The van der Waals surface area contributed by atoms with E-state index in [-0.39, 0.29) is 0 Å². The summed E-state index contributed by atoms with van der Waals surface area (Å²) in [6.45, 7) is 0. The first kappa shape index (κ1) is 30.0. The summed E-state index contributed by atoms with van der Waals surface area (Å²) in [6, 6.07) is 0. The van der Waals surface area contributed by atoms with Crippen LogP contribution in [0.2, 0.25) is 0 Å². The SMILES string of the molecule is FC(F)(F)C(Br)(Br)CC(Br)(Br)C(Br)(Br)C(Br)(Br)C(Br)(Br)C(Br)(Br)Br. The van der Waals surface area contributed by atoms with Gasteiger partial charge in [0.05, 0.1) is 0 Å². The number of alkyl halides is 16. The van der Waals surface area contributed by atoms with Gasteiger partial charge in [0.25, 0.3) is 0 Å². The van der Waals surface area contributed by atoms with Gasteiger partial charge in [-0.05, 0) is 0 Å². The lowest BCUT2D eigenvalue weighted by Crippen LogP contribution is -2.60. The van der Waals surface area contributed by atoms with Crippen LogP contribution in [0.25, 0.3) is 0 Å². The molecule has 0 aromatic heterocycles. The van der Waals surface area contributed by atoms with Crippen LogP contribution in [0, 0.1) is 0 Å². The molecule has 0 aromatic carbocycles. The average molecular weight is 1190 g/mol. The van der Waals surface area contributed by atoms with Crippen molar-refractivity contribution in [3.05, 3.63) is 0 Å². The fourth-order valence-electron chi connectivity index (χ4n) is 1.09. The van der Waals surface area contributed by atoms with E-state index in [9.17, 15) is 13.2 Å². The van der Waals surface area contributed by atoms with Crippen molar-refractivity contribution < 1.29 is 13.2 Å². The molecular formula is C8H2Br13F3. The molecular weight excluding hydrogens is 1190 g/mol. The summed E-state index contributed by atoms with van der Waals surface area (Å²) in [7, 11) is 0. The summed E-state index contributed by atoms with van der Waals surface area (Å²) < 4.78 is 31.7. The lowest BCUT2D eigenvalue weighted by Gasteiger charge is -2.52. The molecule has 24 heavy (non-hydrogen) atoms. The molecule has 0 radical (unpaired) electrons. The molecule has 0 spiro atoms. The zero-order valence-corrected chi connectivity index (χ0v) is 30.9. The highest BCUT2D eigenvalue weighted by molar-refractivity contribution is 9.42. The van der Waals surface area contributed by atoms with Gasteiger partial charge < -0.3 is 0 Å². The number of hydrogen-bond donors (Lipinski definition) is 0. The second-order valence-electron chi connectivity index (χ2n) is 4.30. The first-order valence-corrected chi connectivity index (χ1v) is 15.3. The molecule has 0 N–H and O–H groups in total. The molecule has 0 saturated carbocycles. The van der Waals surface area contributed by atoms with Crippen LogP contribution in [0.5, 0.6) is 0 Å². The topological polar surface area (TPSA) is 0 Å². The Morgan fingerprint density at radius 2 is 0.792 bits per heavy atom. The minimum absolute atomic E-state index is 0.463. The molecule has 0 aliphatic carbocycles. The Balaban J connectivity index is 6.04. The van der Waals surface area contributed by atoms with E-state index >= 15 is 0 Å². The van der Waals surface area contributed by atoms with Crippen LogP contribution < -0.4 is 0 Å². The van der Waals surface area contributed by atoms with E-state index in [0.717, 1.165) is 0 Å². The smallest absolute Gasteiger partial charge is 0.168 e. The van der Waals surface area contributed by atoms with Crippen LogP contribution in [-0.4, -0.2) is 24.5 Å². The molecule has 0 aliphatic rings. The zero-order valence-electron chi connectivity index (χ0n) is 10.3. The van der Waals surface area contributed by atoms with Crippen molar-refractivity contribution in [2.24, 2.45) is 0 Å². The third-order valence-corrected chi connectivity index (χ3v) is 24.3. The van der Waals surface area contributed by atoms with Gasteiger partial charge in [0.15, 0.2) is 5.38 Å². The lowest BCUT2D eigenvalue weighted by atomic mass is 10.1. The number of hydrogen-bond acceptors (Lipinski definition) is 0. The second kappa shape index (κ2) is 9.49. The Hall–Kier alpha value is 6.03. The van der Waals surface area contributed by atoms with Crippen LogP contribution in [0.3, 0.4) is 0 Å². The third kappa shape index (κ3) is 6.30. The first-order chi connectivity index (χ1) is 9.96. The monoisotopic (exact) mass is 1180 g/mol. The van der Waals surface area contributed by atoms with Gasteiger partial charge in [0.1, 0.15) is 12.9 Å². The first-order valence-electron chi connectivity index (χ1n) is 4.98. The standard InChI is InChI=1S/C8H2Br13F3/c9-2(10,1-3(11,12)8(22,23)24)4(13,14)5(15,16)6(17,18)7(19,20)21/h1H2. The largest absolute Gasteiger partial charge is 0.413 e. The summed E-state index contributed by atoms with van der Waals surface area (Å²) >= 11 is 43.3. The molecule has 0 unspecified atom stereocenters. The van der Waals surface area contributed by atoms with E-state index in [1.165, 1.54) is 0 Å². The average Bonchev–Trinajstić information content (AvgIpc) is 2.23. The molecule has 0 fully saturated rings. The van der Waals surface area contributed by atoms with Gasteiger partial charge in [-0.2, -0.15) is 13.2 Å². The van der Waals surface area contributed by atoms with Gasteiger partial charge >= 0.3 is 6.18 Å². The van der Waals surface area contributed by atoms with E-state index < -0.39 is 30.9 Å². The summed E-state index contributed by atoms with van der Waals surface area (Å²) in [5.74, 6) is 0. The maximum atomic E-state index is 13.2. The molecule has 0 nitrogen and oxygen atoms in total. The summed E-state index contributed by atoms with van der Waals surface area (Å²) in [5.41, 5.74) is 0. The minimum Gasteiger partial charge on any atom is -0.168 e. The lowest BCUT2D eigenvalue weighted by molar-refractivity contribution is -0.135. The molecule has 0 heterocycles. The van der Waals surface area contributed by atoms with E-state index in [2.05, 4.69) is 207 Å². The van der Waals surface area contributed by atoms with Crippen LogP contribution in [0.4, 0.5) is 13.2 Å². The highest BCUT2D eigenvalue weighted by Gasteiger charge is 2.71. The number of rotatable bonds is 5. The van der Waals surface area contributed by atoms with E-state index in [1.54, 1.807) is 0 Å². The van der Waals surface area contributed by atoms with Crippen LogP contribution in [-0.2, 0) is 0 Å². The maximum absolute atomic E-state index is 13.2. The van der Waals surface area contributed by atoms with Crippen LogP contribution >= 0.6 is 207 Å². The van der Waals surface area contributed by atoms with Gasteiger partial charge in [-0.3, -0.25) is 0 Å². The van der Waals surface area contributed by atoms with E-state index in [0.29, 0.717) is 0 Å². The molecule has 0 atom stereocenters. The van der Waals surface area contributed by atoms with Gasteiger partial charge in [-0.15, -0.1) is 0 Å². The molecule has 0 aromatic rings. The Morgan fingerprint density at radius 3 is 1.04 bits per heavy atom. The Morgan fingerprint density at radius 1 is 0.458 bits per heavy atom. The predicted octanol–water partition coefficient (Wildman–Crippen LogP) is 11.2. The normalized spacial score (nSPS) is 16.5. The molecule has 0 amide bonds. The van der Waals surface area contributed by atoms with Gasteiger partial charge in [-0.25, -0.2) is 0 Å². The van der Waals surface area contributed by atoms with Crippen molar-refractivity contribution >= 4 is 207 Å². The maximum Gasteiger partial charge on any atom is 0.413 e. The predicted molar refractivity (Wildman–Crippen MR) is 143 cm³/mol. The highest BCUT2D eigenvalue weighted by Crippen LogP contribution is 2.73.